The number of nitrogens with zero attached hydrogens (tertiary/aromatic N) is 3. The van der Waals surface area contributed by atoms with E-state index in [2.05, 4.69) is 26.0 Å². The summed E-state index contributed by atoms with van der Waals surface area (Å²) < 4.78 is 2.77. The Bertz CT molecular complexity index is 705. The average molecular weight is 303 g/mol. The van der Waals surface area contributed by atoms with Gasteiger partial charge >= 0.3 is 0 Å². The van der Waals surface area contributed by atoms with Crippen molar-refractivity contribution < 1.29 is 0 Å². The van der Waals surface area contributed by atoms with E-state index >= 15 is 0 Å². The van der Waals surface area contributed by atoms with Crippen LogP contribution in [0, 0.1) is 0 Å². The first-order valence-corrected chi connectivity index (χ1v) is 6.36. The fourth-order valence-electron chi connectivity index (χ4n) is 2.01. The Morgan fingerprint density at radius 3 is 2.78 bits per heavy atom. The molecule has 0 saturated heterocycles. The molecule has 2 aromatic heterocycles. The minimum absolute atomic E-state index is 0.435. The van der Waals surface area contributed by atoms with Gasteiger partial charge in [-0.05, 0) is 22.0 Å². The summed E-state index contributed by atoms with van der Waals surface area (Å²) in [6, 6.07) is 7.98. The highest BCUT2D eigenvalue weighted by molar-refractivity contribution is 9.10. The second-order valence-corrected chi connectivity index (χ2v) is 4.87. The molecule has 1 aromatic carbocycles. The number of benzene rings is 1. The van der Waals surface area contributed by atoms with Crippen molar-refractivity contribution >= 4 is 26.8 Å². The predicted octanol–water partition coefficient (Wildman–Crippen LogP) is 2.64. The highest BCUT2D eigenvalue weighted by atomic mass is 79.9. The monoisotopic (exact) mass is 302 g/mol. The van der Waals surface area contributed by atoms with Gasteiger partial charge in [0.25, 0.3) is 0 Å². The smallest absolute Gasteiger partial charge is 0.0800 e. The summed E-state index contributed by atoms with van der Waals surface area (Å²) in [5.41, 5.74) is 8.70. The van der Waals surface area contributed by atoms with E-state index in [0.717, 1.165) is 26.6 Å². The van der Waals surface area contributed by atoms with Crippen molar-refractivity contribution in [3.8, 4) is 5.69 Å². The van der Waals surface area contributed by atoms with Crippen molar-refractivity contribution in [1.29, 1.82) is 0 Å². The predicted molar refractivity (Wildman–Crippen MR) is 74.5 cm³/mol. The van der Waals surface area contributed by atoms with Crippen LogP contribution < -0.4 is 5.73 Å². The van der Waals surface area contributed by atoms with Gasteiger partial charge in [0.05, 0.1) is 21.9 Å². The molecule has 0 unspecified atom stereocenters. The molecule has 0 amide bonds. The first-order chi connectivity index (χ1) is 8.79. The Balaban J connectivity index is 2.37. The molecule has 0 aliphatic heterocycles. The molecule has 5 heteroatoms. The van der Waals surface area contributed by atoms with Crippen molar-refractivity contribution in [3.05, 3.63) is 52.9 Å². The lowest BCUT2D eigenvalue weighted by molar-refractivity contribution is 0.863. The molecule has 0 atom stereocenters. The summed E-state index contributed by atoms with van der Waals surface area (Å²) in [6.07, 6.45) is 5.49. The van der Waals surface area contributed by atoms with Gasteiger partial charge < -0.3 is 5.73 Å². The van der Waals surface area contributed by atoms with E-state index in [0.29, 0.717) is 6.54 Å². The number of halogens is 1. The van der Waals surface area contributed by atoms with Crippen LogP contribution in [-0.2, 0) is 6.54 Å². The lowest BCUT2D eigenvalue weighted by Crippen LogP contribution is -2.06. The molecule has 0 radical (unpaired) electrons. The van der Waals surface area contributed by atoms with Crippen LogP contribution in [0.5, 0.6) is 0 Å². The summed E-state index contributed by atoms with van der Waals surface area (Å²) in [7, 11) is 0. The minimum atomic E-state index is 0.435. The van der Waals surface area contributed by atoms with Gasteiger partial charge in [-0.15, -0.1) is 0 Å². The molecule has 2 N–H and O–H groups in total. The van der Waals surface area contributed by atoms with Crippen LogP contribution in [-0.4, -0.2) is 14.8 Å². The van der Waals surface area contributed by atoms with Gasteiger partial charge in [-0.1, -0.05) is 18.2 Å². The van der Waals surface area contributed by atoms with Gasteiger partial charge in [0.1, 0.15) is 0 Å². The maximum absolute atomic E-state index is 5.79. The third kappa shape index (κ3) is 1.81. The lowest BCUT2D eigenvalue weighted by Gasteiger charge is -2.10. The Labute approximate surface area is 113 Å². The molecule has 90 valence electrons. The van der Waals surface area contributed by atoms with Gasteiger partial charge in [-0.3, -0.25) is 4.98 Å². The zero-order valence-corrected chi connectivity index (χ0v) is 11.1. The highest BCUT2D eigenvalue weighted by Crippen LogP contribution is 2.24. The third-order valence-corrected chi connectivity index (χ3v) is 3.23. The zero-order valence-electron chi connectivity index (χ0n) is 9.55. The maximum Gasteiger partial charge on any atom is 0.0800 e. The summed E-state index contributed by atoms with van der Waals surface area (Å²) in [5, 5.41) is 5.38. The quantitative estimate of drug-likeness (QED) is 0.792. The molecular formula is C13H11BrN4. The van der Waals surface area contributed by atoms with Crippen LogP contribution in [0.15, 0.2) is 47.3 Å². The summed E-state index contributed by atoms with van der Waals surface area (Å²) in [6.45, 7) is 0.435. The van der Waals surface area contributed by atoms with Crippen LogP contribution >= 0.6 is 15.9 Å². The van der Waals surface area contributed by atoms with E-state index < -0.39 is 0 Å². The lowest BCUT2D eigenvalue weighted by atomic mass is 10.1. The zero-order chi connectivity index (χ0) is 12.5. The molecule has 0 saturated carbocycles. The molecule has 0 aliphatic rings. The topological polar surface area (TPSA) is 56.7 Å². The average Bonchev–Trinajstić information content (AvgIpc) is 2.83. The molecule has 4 nitrogen and oxygen atoms in total. The number of hydrogen-bond donors (Lipinski definition) is 1. The number of para-hydroxylation sites is 1. The first-order valence-electron chi connectivity index (χ1n) is 5.57. The van der Waals surface area contributed by atoms with Crippen LogP contribution in [0.2, 0.25) is 0 Å². The molecule has 0 bridgehead atoms. The second kappa shape index (κ2) is 4.51. The summed E-state index contributed by atoms with van der Waals surface area (Å²) >= 11 is 3.41. The number of nitrogens with two attached hydrogens (primary N) is 1. The van der Waals surface area contributed by atoms with E-state index in [1.165, 1.54) is 0 Å². The van der Waals surface area contributed by atoms with Crippen molar-refractivity contribution in [1.82, 2.24) is 14.8 Å². The SMILES string of the molecule is NCc1cnc2ccccc2c1-n1cc(Br)cn1. The molecule has 0 fully saturated rings. The molecular weight excluding hydrogens is 292 g/mol. The van der Waals surface area contributed by atoms with Crippen molar-refractivity contribution in [2.75, 3.05) is 0 Å². The molecule has 18 heavy (non-hydrogen) atoms. The van der Waals surface area contributed by atoms with Crippen LogP contribution in [0.3, 0.4) is 0 Å². The summed E-state index contributed by atoms with van der Waals surface area (Å²) in [5.74, 6) is 0. The van der Waals surface area contributed by atoms with E-state index in [4.69, 9.17) is 5.73 Å². The van der Waals surface area contributed by atoms with Gasteiger partial charge in [-0.2, -0.15) is 5.10 Å². The van der Waals surface area contributed by atoms with Gasteiger partial charge in [0, 0.05) is 29.9 Å². The molecule has 2 heterocycles. The van der Waals surface area contributed by atoms with Crippen LogP contribution in [0.25, 0.3) is 16.6 Å². The fourth-order valence-corrected chi connectivity index (χ4v) is 2.30. The highest BCUT2D eigenvalue weighted by Gasteiger charge is 2.10. The number of pyridine rings is 1. The first kappa shape index (κ1) is 11.4. The molecule has 0 spiro atoms. The molecule has 3 rings (SSSR count). The molecule has 0 aliphatic carbocycles. The van der Waals surface area contributed by atoms with Crippen molar-refractivity contribution in [2.45, 2.75) is 6.54 Å². The molecule has 3 aromatic rings. The Kier molecular flexibility index (Phi) is 2.85. The number of hydrogen-bond acceptors (Lipinski definition) is 3. The van der Waals surface area contributed by atoms with E-state index in [-0.39, 0.29) is 0 Å². The number of aromatic nitrogens is 3. The van der Waals surface area contributed by atoms with Crippen molar-refractivity contribution in [2.24, 2.45) is 5.73 Å². The standard InChI is InChI=1S/C13H11BrN4/c14-10-7-17-18(8-10)13-9(5-15)6-16-12-4-2-1-3-11(12)13/h1-4,6-8H,5,15H2. The van der Waals surface area contributed by atoms with E-state index in [1.54, 1.807) is 6.20 Å². The van der Waals surface area contributed by atoms with E-state index in [1.807, 2.05) is 41.3 Å². The Hall–Kier alpha value is -1.72. The fraction of sp³-hybridized carbons (Fsp3) is 0.0769. The number of rotatable bonds is 2. The summed E-state index contributed by atoms with van der Waals surface area (Å²) in [4.78, 5) is 4.41. The maximum atomic E-state index is 5.79. The second-order valence-electron chi connectivity index (χ2n) is 3.96. The minimum Gasteiger partial charge on any atom is -0.326 e. The van der Waals surface area contributed by atoms with Crippen LogP contribution in [0.4, 0.5) is 0 Å². The largest absolute Gasteiger partial charge is 0.326 e. The number of fused-ring (bicyclic) bond motifs is 1. The van der Waals surface area contributed by atoms with Gasteiger partial charge in [0.2, 0.25) is 0 Å². The normalized spacial score (nSPS) is 11.0. The Morgan fingerprint density at radius 2 is 2.06 bits per heavy atom. The van der Waals surface area contributed by atoms with E-state index in [9.17, 15) is 0 Å². The Morgan fingerprint density at radius 1 is 1.22 bits per heavy atom. The van der Waals surface area contributed by atoms with Crippen LogP contribution in [0.1, 0.15) is 5.56 Å². The van der Waals surface area contributed by atoms with Gasteiger partial charge in [0.15, 0.2) is 0 Å². The van der Waals surface area contributed by atoms with Crippen molar-refractivity contribution in [3.63, 3.8) is 0 Å². The van der Waals surface area contributed by atoms with Gasteiger partial charge in [-0.25, -0.2) is 4.68 Å². The third-order valence-electron chi connectivity index (χ3n) is 2.82.